The van der Waals surface area contributed by atoms with Crippen molar-refractivity contribution < 1.29 is 14.2 Å². The molecule has 0 aromatic heterocycles. The minimum Gasteiger partial charge on any atom is -0.504 e. The van der Waals surface area contributed by atoms with Gasteiger partial charge in [0.1, 0.15) is 5.82 Å². The maximum atomic E-state index is 13.4. The number of benzene rings is 2. The standard InChI is InChI=1S/C15H14FN3O2S/c1-21-14-7-6-10(8-13(14)20)9-17-19-15(22)18-12-5-3-2-4-11(12)16/h2-9,20H,1H3,(H2,18,19,22)/b17-9-. The molecule has 0 heterocycles. The first kappa shape index (κ1) is 15.7. The van der Waals surface area contributed by atoms with Gasteiger partial charge < -0.3 is 15.2 Å². The zero-order valence-corrected chi connectivity index (χ0v) is 12.5. The summed E-state index contributed by atoms with van der Waals surface area (Å²) < 4.78 is 18.4. The fourth-order valence-corrected chi connectivity index (χ4v) is 1.83. The maximum absolute atomic E-state index is 13.4. The van der Waals surface area contributed by atoms with Crippen molar-refractivity contribution in [1.82, 2.24) is 5.43 Å². The van der Waals surface area contributed by atoms with Crippen LogP contribution in [0.2, 0.25) is 0 Å². The fraction of sp³-hybridized carbons (Fsp3) is 0.0667. The number of rotatable bonds is 4. The lowest BCUT2D eigenvalue weighted by Crippen LogP contribution is -2.24. The number of nitrogens with one attached hydrogen (secondary N) is 2. The van der Waals surface area contributed by atoms with Crippen LogP contribution in [0, 0.1) is 5.82 Å². The Labute approximate surface area is 132 Å². The number of phenols is 1. The van der Waals surface area contributed by atoms with Gasteiger partial charge in [-0.1, -0.05) is 12.1 Å². The number of hydrogen-bond acceptors (Lipinski definition) is 4. The number of aromatic hydroxyl groups is 1. The van der Waals surface area contributed by atoms with E-state index in [2.05, 4.69) is 15.8 Å². The van der Waals surface area contributed by atoms with Crippen LogP contribution in [0.15, 0.2) is 47.6 Å². The molecular formula is C15H14FN3O2S. The number of halogens is 1. The topological polar surface area (TPSA) is 65.9 Å². The number of methoxy groups -OCH3 is 1. The van der Waals surface area contributed by atoms with Gasteiger partial charge in [0.25, 0.3) is 0 Å². The van der Waals surface area contributed by atoms with Gasteiger partial charge >= 0.3 is 0 Å². The zero-order valence-electron chi connectivity index (χ0n) is 11.7. The monoisotopic (exact) mass is 319 g/mol. The zero-order chi connectivity index (χ0) is 15.9. The van der Waals surface area contributed by atoms with Gasteiger partial charge in [0.15, 0.2) is 16.6 Å². The maximum Gasteiger partial charge on any atom is 0.191 e. The molecule has 0 saturated carbocycles. The van der Waals surface area contributed by atoms with Crippen LogP contribution in [0.25, 0.3) is 0 Å². The second-order valence-corrected chi connectivity index (χ2v) is 4.64. The Morgan fingerprint density at radius 3 is 2.77 bits per heavy atom. The predicted molar refractivity (Wildman–Crippen MR) is 88.0 cm³/mol. The summed E-state index contributed by atoms with van der Waals surface area (Å²) in [5, 5.41) is 16.4. The van der Waals surface area contributed by atoms with Crippen LogP contribution in [0.1, 0.15) is 5.56 Å². The Hall–Kier alpha value is -2.67. The predicted octanol–water partition coefficient (Wildman–Crippen LogP) is 2.86. The lowest BCUT2D eigenvalue weighted by atomic mass is 10.2. The number of anilines is 1. The molecule has 0 bridgehead atoms. The molecule has 0 spiro atoms. The number of hydrogen-bond donors (Lipinski definition) is 3. The normalized spacial score (nSPS) is 10.5. The number of para-hydroxylation sites is 1. The van der Waals surface area contributed by atoms with Crippen LogP contribution >= 0.6 is 12.2 Å². The molecule has 0 aliphatic carbocycles. The van der Waals surface area contributed by atoms with Crippen molar-refractivity contribution in [3.63, 3.8) is 0 Å². The summed E-state index contributed by atoms with van der Waals surface area (Å²) in [6, 6.07) is 11.0. The van der Waals surface area contributed by atoms with Crippen molar-refractivity contribution in [1.29, 1.82) is 0 Å². The van der Waals surface area contributed by atoms with E-state index in [0.717, 1.165) is 0 Å². The quantitative estimate of drug-likeness (QED) is 0.459. The smallest absolute Gasteiger partial charge is 0.191 e. The molecule has 114 valence electrons. The molecule has 0 saturated heterocycles. The van der Waals surface area contributed by atoms with E-state index in [9.17, 15) is 9.50 Å². The molecule has 0 amide bonds. The Bertz CT molecular complexity index is 707. The number of phenolic OH excluding ortho intramolecular Hbond substituents is 1. The van der Waals surface area contributed by atoms with Gasteiger partial charge in [-0.05, 0) is 48.1 Å². The first-order valence-electron chi connectivity index (χ1n) is 6.31. The Morgan fingerprint density at radius 2 is 2.09 bits per heavy atom. The number of ether oxygens (including phenoxy) is 1. The molecule has 0 aliphatic heterocycles. The van der Waals surface area contributed by atoms with Crippen molar-refractivity contribution in [2.45, 2.75) is 0 Å². The Kier molecular flexibility index (Phi) is 5.26. The molecule has 7 heteroatoms. The Morgan fingerprint density at radius 1 is 1.32 bits per heavy atom. The van der Waals surface area contributed by atoms with Gasteiger partial charge in [-0.25, -0.2) is 4.39 Å². The third kappa shape index (κ3) is 4.16. The number of nitrogens with zero attached hydrogens (tertiary/aromatic N) is 1. The van der Waals surface area contributed by atoms with Crippen LogP contribution in [0.4, 0.5) is 10.1 Å². The molecule has 2 rings (SSSR count). The van der Waals surface area contributed by atoms with Gasteiger partial charge in [0.2, 0.25) is 0 Å². The van der Waals surface area contributed by atoms with E-state index < -0.39 is 5.82 Å². The lowest BCUT2D eigenvalue weighted by Gasteiger charge is -2.07. The van der Waals surface area contributed by atoms with Crippen molar-refractivity contribution in [3.05, 3.63) is 53.8 Å². The van der Waals surface area contributed by atoms with Crippen molar-refractivity contribution in [3.8, 4) is 11.5 Å². The van der Waals surface area contributed by atoms with Gasteiger partial charge in [-0.15, -0.1) is 0 Å². The van der Waals surface area contributed by atoms with Gasteiger partial charge in [-0.2, -0.15) is 5.10 Å². The second-order valence-electron chi connectivity index (χ2n) is 4.24. The van der Waals surface area contributed by atoms with Gasteiger partial charge in [0, 0.05) is 0 Å². The third-order valence-corrected chi connectivity index (χ3v) is 2.90. The highest BCUT2D eigenvalue weighted by Gasteiger charge is 2.02. The SMILES string of the molecule is COc1ccc(/C=N\NC(=S)Nc2ccccc2F)cc1O. The molecular weight excluding hydrogens is 305 g/mol. The molecule has 0 radical (unpaired) electrons. The first-order valence-corrected chi connectivity index (χ1v) is 6.72. The first-order chi connectivity index (χ1) is 10.6. The summed E-state index contributed by atoms with van der Waals surface area (Å²) in [5.74, 6) is -0.0175. The van der Waals surface area contributed by atoms with Crippen molar-refractivity contribution >= 4 is 29.2 Å². The van der Waals surface area contributed by atoms with E-state index in [-0.39, 0.29) is 16.5 Å². The van der Waals surface area contributed by atoms with E-state index in [1.54, 1.807) is 30.3 Å². The van der Waals surface area contributed by atoms with Crippen molar-refractivity contribution in [2.24, 2.45) is 5.10 Å². The summed E-state index contributed by atoms with van der Waals surface area (Å²) in [6.45, 7) is 0. The third-order valence-electron chi connectivity index (χ3n) is 2.70. The van der Waals surface area contributed by atoms with E-state index in [0.29, 0.717) is 11.3 Å². The summed E-state index contributed by atoms with van der Waals surface area (Å²) in [5.41, 5.74) is 3.48. The molecule has 0 aliphatic rings. The molecule has 0 fully saturated rings. The molecule has 5 nitrogen and oxygen atoms in total. The number of hydrazone groups is 1. The summed E-state index contributed by atoms with van der Waals surface area (Å²) in [6.07, 6.45) is 1.47. The molecule has 2 aromatic rings. The summed E-state index contributed by atoms with van der Waals surface area (Å²) in [4.78, 5) is 0. The van der Waals surface area contributed by atoms with E-state index in [1.165, 1.54) is 25.5 Å². The van der Waals surface area contributed by atoms with Crippen LogP contribution < -0.4 is 15.5 Å². The van der Waals surface area contributed by atoms with Crippen LogP contribution in [-0.2, 0) is 0 Å². The van der Waals surface area contributed by atoms with E-state index in [4.69, 9.17) is 17.0 Å². The van der Waals surface area contributed by atoms with Gasteiger partial charge in [-0.3, -0.25) is 5.43 Å². The van der Waals surface area contributed by atoms with E-state index in [1.807, 2.05) is 0 Å². The average molecular weight is 319 g/mol. The van der Waals surface area contributed by atoms with Crippen LogP contribution in [0.5, 0.6) is 11.5 Å². The molecule has 0 unspecified atom stereocenters. The summed E-state index contributed by atoms with van der Waals surface area (Å²) in [7, 11) is 1.47. The average Bonchev–Trinajstić information content (AvgIpc) is 2.50. The van der Waals surface area contributed by atoms with Crippen LogP contribution in [-0.4, -0.2) is 23.5 Å². The lowest BCUT2D eigenvalue weighted by molar-refractivity contribution is 0.373. The Balaban J connectivity index is 1.93. The highest BCUT2D eigenvalue weighted by Crippen LogP contribution is 2.25. The van der Waals surface area contributed by atoms with E-state index >= 15 is 0 Å². The minimum absolute atomic E-state index is 0.0125. The molecule has 0 atom stereocenters. The molecule has 3 N–H and O–H groups in total. The largest absolute Gasteiger partial charge is 0.504 e. The highest BCUT2D eigenvalue weighted by atomic mass is 32.1. The fourth-order valence-electron chi connectivity index (χ4n) is 1.67. The van der Waals surface area contributed by atoms with Gasteiger partial charge in [0.05, 0.1) is 19.0 Å². The molecule has 22 heavy (non-hydrogen) atoms. The summed E-state index contributed by atoms with van der Waals surface area (Å²) >= 11 is 5.00. The van der Waals surface area contributed by atoms with Crippen molar-refractivity contribution in [2.75, 3.05) is 12.4 Å². The number of thiocarbonyl (C=S) groups is 1. The van der Waals surface area contributed by atoms with Crippen LogP contribution in [0.3, 0.4) is 0 Å². The minimum atomic E-state index is -0.407. The highest BCUT2D eigenvalue weighted by molar-refractivity contribution is 7.80. The molecule has 2 aromatic carbocycles. The second kappa shape index (κ2) is 7.37.